The first-order chi connectivity index (χ1) is 10.4. The van der Waals surface area contributed by atoms with Crippen molar-refractivity contribution in [3.05, 3.63) is 11.7 Å². The molecule has 1 aromatic rings. The molecule has 8 nitrogen and oxygen atoms in total. The van der Waals surface area contributed by atoms with Crippen LogP contribution < -0.4 is 5.32 Å². The number of carbonyl (C=O) groups excluding carboxylic acids is 1. The molecule has 0 spiro atoms. The molecular formula is C13H20N4O4S. The third-order valence-corrected chi connectivity index (χ3v) is 5.92. The number of amides is 1. The van der Waals surface area contributed by atoms with Crippen molar-refractivity contribution in [1.29, 1.82) is 0 Å². The van der Waals surface area contributed by atoms with Crippen LogP contribution in [0.2, 0.25) is 0 Å². The van der Waals surface area contributed by atoms with Crippen LogP contribution in [0.3, 0.4) is 0 Å². The molecule has 0 saturated carbocycles. The van der Waals surface area contributed by atoms with E-state index in [0.717, 1.165) is 19.4 Å². The van der Waals surface area contributed by atoms with Gasteiger partial charge in [0.2, 0.25) is 11.8 Å². The molecule has 22 heavy (non-hydrogen) atoms. The van der Waals surface area contributed by atoms with Gasteiger partial charge in [0.05, 0.1) is 24.1 Å². The van der Waals surface area contributed by atoms with Gasteiger partial charge in [0.25, 0.3) is 0 Å². The van der Waals surface area contributed by atoms with E-state index in [-0.39, 0.29) is 36.0 Å². The second kappa shape index (κ2) is 5.96. The molecule has 2 saturated heterocycles. The molecule has 3 heterocycles. The van der Waals surface area contributed by atoms with Gasteiger partial charge in [-0.2, -0.15) is 4.98 Å². The summed E-state index contributed by atoms with van der Waals surface area (Å²) in [5.41, 5.74) is 0. The molecule has 9 heteroatoms. The van der Waals surface area contributed by atoms with Gasteiger partial charge in [-0.1, -0.05) is 5.16 Å². The fraction of sp³-hybridized carbons (Fsp3) is 0.769. The number of nitrogens with one attached hydrogen (secondary N) is 1. The molecule has 122 valence electrons. The zero-order valence-electron chi connectivity index (χ0n) is 12.5. The summed E-state index contributed by atoms with van der Waals surface area (Å²) in [4.78, 5) is 18.4. The zero-order valence-corrected chi connectivity index (χ0v) is 13.3. The van der Waals surface area contributed by atoms with Gasteiger partial charge in [0.15, 0.2) is 15.7 Å². The van der Waals surface area contributed by atoms with Gasteiger partial charge in [-0.3, -0.25) is 9.69 Å². The predicted octanol–water partition coefficient (Wildman–Crippen LogP) is -0.182. The number of sulfone groups is 1. The summed E-state index contributed by atoms with van der Waals surface area (Å²) >= 11 is 0. The van der Waals surface area contributed by atoms with E-state index in [1.165, 1.54) is 0 Å². The van der Waals surface area contributed by atoms with Crippen molar-refractivity contribution >= 4 is 15.7 Å². The Balaban J connectivity index is 1.56. The first-order valence-corrected chi connectivity index (χ1v) is 9.29. The highest BCUT2D eigenvalue weighted by Gasteiger charge is 2.33. The molecule has 0 radical (unpaired) electrons. The van der Waals surface area contributed by atoms with Gasteiger partial charge >= 0.3 is 0 Å². The minimum absolute atomic E-state index is 0.00416. The highest BCUT2D eigenvalue weighted by molar-refractivity contribution is 7.91. The lowest BCUT2D eigenvalue weighted by Crippen LogP contribution is -2.42. The predicted molar refractivity (Wildman–Crippen MR) is 77.8 cm³/mol. The van der Waals surface area contributed by atoms with E-state index in [1.54, 1.807) is 6.92 Å². The van der Waals surface area contributed by atoms with Crippen molar-refractivity contribution in [1.82, 2.24) is 20.4 Å². The van der Waals surface area contributed by atoms with Gasteiger partial charge in [0.1, 0.15) is 0 Å². The number of hydrogen-bond acceptors (Lipinski definition) is 7. The zero-order chi connectivity index (χ0) is 15.7. The molecule has 0 aromatic carbocycles. The van der Waals surface area contributed by atoms with Crippen LogP contribution in [0.5, 0.6) is 0 Å². The Labute approximate surface area is 129 Å². The maximum absolute atomic E-state index is 12.1. The van der Waals surface area contributed by atoms with E-state index in [9.17, 15) is 13.2 Å². The van der Waals surface area contributed by atoms with Crippen LogP contribution in [0.1, 0.15) is 37.0 Å². The van der Waals surface area contributed by atoms with Crippen molar-refractivity contribution in [2.24, 2.45) is 0 Å². The molecule has 0 aliphatic carbocycles. The van der Waals surface area contributed by atoms with Crippen molar-refractivity contribution in [2.45, 2.75) is 38.3 Å². The van der Waals surface area contributed by atoms with Gasteiger partial charge in [-0.05, 0) is 25.8 Å². The Morgan fingerprint density at radius 1 is 1.45 bits per heavy atom. The van der Waals surface area contributed by atoms with E-state index < -0.39 is 9.84 Å². The second-order valence-electron chi connectivity index (χ2n) is 5.97. The van der Waals surface area contributed by atoms with Gasteiger partial charge in [0, 0.05) is 13.0 Å². The van der Waals surface area contributed by atoms with Crippen LogP contribution in [-0.2, 0) is 14.6 Å². The Hall–Kier alpha value is -1.48. The summed E-state index contributed by atoms with van der Waals surface area (Å²) in [6, 6.07) is -0.263. The third kappa shape index (κ3) is 3.46. The fourth-order valence-corrected chi connectivity index (χ4v) is 4.80. The third-order valence-electron chi connectivity index (χ3n) is 4.15. The molecule has 1 amide bonds. The average molecular weight is 328 g/mol. The standard InChI is InChI=1S/C13H20N4O4S/c1-9-14-13(16-21-9)11-3-2-5-17(11)7-12(18)15-10-4-6-22(19,20)8-10/h10-11H,2-8H2,1H3,(H,15,18). The molecule has 2 fully saturated rings. The monoisotopic (exact) mass is 328 g/mol. The van der Waals surface area contributed by atoms with E-state index in [1.807, 2.05) is 4.90 Å². The van der Waals surface area contributed by atoms with E-state index >= 15 is 0 Å². The first-order valence-electron chi connectivity index (χ1n) is 7.47. The van der Waals surface area contributed by atoms with Gasteiger partial charge in [-0.15, -0.1) is 0 Å². The molecular weight excluding hydrogens is 308 g/mol. The number of aromatic nitrogens is 2. The Morgan fingerprint density at radius 3 is 2.91 bits per heavy atom. The summed E-state index contributed by atoms with van der Waals surface area (Å²) in [6.07, 6.45) is 2.37. The summed E-state index contributed by atoms with van der Waals surface area (Å²) in [6.45, 7) is 2.77. The van der Waals surface area contributed by atoms with E-state index in [4.69, 9.17) is 4.52 Å². The first kappa shape index (κ1) is 15.4. The Morgan fingerprint density at radius 2 is 2.27 bits per heavy atom. The second-order valence-corrected chi connectivity index (χ2v) is 8.20. The molecule has 2 aliphatic heterocycles. The van der Waals surface area contributed by atoms with Crippen LogP contribution in [0.4, 0.5) is 0 Å². The van der Waals surface area contributed by atoms with Crippen molar-refractivity contribution in [2.75, 3.05) is 24.6 Å². The minimum atomic E-state index is -2.98. The summed E-state index contributed by atoms with van der Waals surface area (Å²) in [5, 5.41) is 6.75. The fourth-order valence-electron chi connectivity index (χ4n) is 3.12. The molecule has 3 rings (SSSR count). The van der Waals surface area contributed by atoms with E-state index in [2.05, 4.69) is 15.5 Å². The molecule has 2 aliphatic rings. The number of carbonyl (C=O) groups is 1. The minimum Gasteiger partial charge on any atom is -0.351 e. The number of rotatable bonds is 4. The lowest BCUT2D eigenvalue weighted by Gasteiger charge is -2.22. The van der Waals surface area contributed by atoms with Crippen LogP contribution in [0, 0.1) is 6.92 Å². The number of aryl methyl sites for hydroxylation is 1. The van der Waals surface area contributed by atoms with Gasteiger partial charge in [-0.25, -0.2) is 8.42 Å². The molecule has 2 atom stereocenters. The summed E-state index contributed by atoms with van der Waals surface area (Å²) in [5.74, 6) is 1.20. The van der Waals surface area contributed by atoms with E-state index in [0.29, 0.717) is 18.1 Å². The van der Waals surface area contributed by atoms with Crippen LogP contribution in [0.25, 0.3) is 0 Å². The molecule has 1 N–H and O–H groups in total. The molecule has 0 bridgehead atoms. The van der Waals surface area contributed by atoms with Crippen LogP contribution >= 0.6 is 0 Å². The Bertz CT molecular complexity index is 657. The Kier molecular flexibility index (Phi) is 4.18. The maximum Gasteiger partial charge on any atom is 0.234 e. The number of nitrogens with zero attached hydrogens (tertiary/aromatic N) is 3. The van der Waals surface area contributed by atoms with Crippen LogP contribution in [-0.4, -0.2) is 60.0 Å². The normalized spacial score (nSPS) is 28.0. The number of hydrogen-bond donors (Lipinski definition) is 1. The average Bonchev–Trinajstić information content (AvgIpc) is 3.11. The van der Waals surface area contributed by atoms with Crippen LogP contribution in [0.15, 0.2) is 4.52 Å². The molecule has 2 unspecified atom stereocenters. The van der Waals surface area contributed by atoms with Crippen molar-refractivity contribution in [3.63, 3.8) is 0 Å². The highest BCUT2D eigenvalue weighted by Crippen LogP contribution is 2.29. The molecule has 1 aromatic heterocycles. The summed E-state index contributed by atoms with van der Waals surface area (Å²) in [7, 11) is -2.98. The SMILES string of the molecule is Cc1nc(C2CCCN2CC(=O)NC2CCS(=O)(=O)C2)no1. The summed E-state index contributed by atoms with van der Waals surface area (Å²) < 4.78 is 27.8. The topological polar surface area (TPSA) is 105 Å². The largest absolute Gasteiger partial charge is 0.351 e. The van der Waals surface area contributed by atoms with Crippen molar-refractivity contribution in [3.8, 4) is 0 Å². The lowest BCUT2D eigenvalue weighted by atomic mass is 10.2. The smallest absolute Gasteiger partial charge is 0.234 e. The number of likely N-dealkylation sites (tertiary alicyclic amines) is 1. The lowest BCUT2D eigenvalue weighted by molar-refractivity contribution is -0.123. The highest BCUT2D eigenvalue weighted by atomic mass is 32.2. The quantitative estimate of drug-likeness (QED) is 0.817. The van der Waals surface area contributed by atoms with Crippen molar-refractivity contribution < 1.29 is 17.7 Å². The van der Waals surface area contributed by atoms with Gasteiger partial charge < -0.3 is 9.84 Å². The maximum atomic E-state index is 12.1.